The van der Waals surface area contributed by atoms with Crippen molar-refractivity contribution in [1.29, 1.82) is 0 Å². The van der Waals surface area contributed by atoms with Crippen molar-refractivity contribution in [2.75, 3.05) is 19.7 Å². The number of hydrogen-bond acceptors (Lipinski definition) is 3. The smallest absolute Gasteiger partial charge is 0.226 e. The van der Waals surface area contributed by atoms with E-state index in [1.54, 1.807) is 0 Å². The highest BCUT2D eigenvalue weighted by Crippen LogP contribution is 2.29. The topological polar surface area (TPSA) is 61.4 Å². The molecule has 1 atom stereocenters. The molecule has 1 fully saturated rings. The van der Waals surface area contributed by atoms with Crippen molar-refractivity contribution in [3.63, 3.8) is 0 Å². The van der Waals surface area contributed by atoms with E-state index in [0.717, 1.165) is 31.5 Å². The maximum Gasteiger partial charge on any atom is 0.226 e. The number of aliphatic hydroxyl groups is 1. The van der Waals surface area contributed by atoms with E-state index in [4.69, 9.17) is 0 Å². The Labute approximate surface area is 114 Å². The fourth-order valence-electron chi connectivity index (χ4n) is 2.46. The van der Waals surface area contributed by atoms with Gasteiger partial charge in [-0.25, -0.2) is 0 Å². The van der Waals surface area contributed by atoms with Crippen LogP contribution < -0.4 is 10.6 Å². The summed E-state index contributed by atoms with van der Waals surface area (Å²) < 4.78 is 0. The largest absolute Gasteiger partial charge is 0.394 e. The first-order valence-corrected chi connectivity index (χ1v) is 6.83. The van der Waals surface area contributed by atoms with Gasteiger partial charge in [0.15, 0.2) is 0 Å². The molecule has 0 radical (unpaired) electrons. The van der Waals surface area contributed by atoms with Crippen LogP contribution in [0.2, 0.25) is 0 Å². The van der Waals surface area contributed by atoms with E-state index in [1.165, 1.54) is 0 Å². The number of hydrogen-bond donors (Lipinski definition) is 3. The van der Waals surface area contributed by atoms with E-state index in [2.05, 4.69) is 10.6 Å². The maximum atomic E-state index is 12.4. The van der Waals surface area contributed by atoms with Gasteiger partial charge in [-0.3, -0.25) is 4.79 Å². The third-order valence-corrected chi connectivity index (χ3v) is 3.95. The van der Waals surface area contributed by atoms with Gasteiger partial charge in [-0.05, 0) is 31.5 Å². The second-order valence-electron chi connectivity index (χ2n) is 5.43. The number of aliphatic hydroxyl groups excluding tert-OH is 1. The van der Waals surface area contributed by atoms with Gasteiger partial charge in [0, 0.05) is 5.41 Å². The molecule has 2 rings (SSSR count). The molecule has 1 amide bonds. The van der Waals surface area contributed by atoms with Gasteiger partial charge in [-0.1, -0.05) is 37.3 Å². The first-order chi connectivity index (χ1) is 9.15. The zero-order valence-electron chi connectivity index (χ0n) is 11.4. The Bertz CT molecular complexity index is 413. The molecule has 0 bridgehead atoms. The Morgan fingerprint density at radius 1 is 1.37 bits per heavy atom. The predicted octanol–water partition coefficient (Wildman–Crippen LogP) is 1.23. The molecule has 0 aliphatic carbocycles. The van der Waals surface area contributed by atoms with Crippen molar-refractivity contribution >= 4 is 5.91 Å². The summed E-state index contributed by atoms with van der Waals surface area (Å²) in [5, 5.41) is 15.7. The number of carbonyl (C=O) groups is 1. The third-order valence-electron chi connectivity index (χ3n) is 3.95. The lowest BCUT2D eigenvalue weighted by Crippen LogP contribution is -2.47. The average molecular weight is 262 g/mol. The third kappa shape index (κ3) is 3.33. The standard InChI is InChI=1S/C15H22N2O2/c1-15(7-9-16-10-8-15)14(19)17-13(11-18)12-5-3-2-4-6-12/h2-6,13,16,18H,7-11H2,1H3,(H,17,19). The summed E-state index contributed by atoms with van der Waals surface area (Å²) in [5.74, 6) is 0.0388. The highest BCUT2D eigenvalue weighted by molar-refractivity contribution is 5.82. The summed E-state index contributed by atoms with van der Waals surface area (Å²) in [5.41, 5.74) is 0.615. The summed E-state index contributed by atoms with van der Waals surface area (Å²) in [4.78, 5) is 12.4. The number of benzene rings is 1. The van der Waals surface area contributed by atoms with Crippen molar-refractivity contribution in [2.45, 2.75) is 25.8 Å². The van der Waals surface area contributed by atoms with Gasteiger partial charge < -0.3 is 15.7 Å². The minimum Gasteiger partial charge on any atom is -0.394 e. The van der Waals surface area contributed by atoms with E-state index in [-0.39, 0.29) is 24.0 Å². The predicted molar refractivity (Wildman–Crippen MR) is 74.6 cm³/mol. The van der Waals surface area contributed by atoms with Crippen LogP contribution in [0.3, 0.4) is 0 Å². The van der Waals surface area contributed by atoms with Gasteiger partial charge in [-0.15, -0.1) is 0 Å². The van der Waals surface area contributed by atoms with Crippen LogP contribution in [0.15, 0.2) is 30.3 Å². The molecule has 4 nitrogen and oxygen atoms in total. The molecule has 0 spiro atoms. The minimum atomic E-state index is -0.326. The Morgan fingerprint density at radius 2 is 2.00 bits per heavy atom. The number of amides is 1. The van der Waals surface area contributed by atoms with Crippen LogP contribution in [0.1, 0.15) is 31.4 Å². The van der Waals surface area contributed by atoms with Crippen LogP contribution in [0.5, 0.6) is 0 Å². The summed E-state index contributed by atoms with van der Waals surface area (Å²) in [6, 6.07) is 9.28. The van der Waals surface area contributed by atoms with E-state index in [1.807, 2.05) is 37.3 Å². The van der Waals surface area contributed by atoms with Crippen LogP contribution in [0.4, 0.5) is 0 Å². The molecule has 3 N–H and O–H groups in total. The molecule has 4 heteroatoms. The van der Waals surface area contributed by atoms with Crippen LogP contribution in [0, 0.1) is 5.41 Å². The lowest BCUT2D eigenvalue weighted by Gasteiger charge is -2.34. The molecule has 1 unspecified atom stereocenters. The molecule has 0 saturated carbocycles. The molecule has 1 heterocycles. The number of carbonyl (C=O) groups excluding carboxylic acids is 1. The number of nitrogens with one attached hydrogen (secondary N) is 2. The van der Waals surface area contributed by atoms with Gasteiger partial charge in [-0.2, -0.15) is 0 Å². The van der Waals surface area contributed by atoms with Crippen molar-refractivity contribution in [1.82, 2.24) is 10.6 Å². The second kappa shape index (κ2) is 6.17. The number of piperidine rings is 1. The van der Waals surface area contributed by atoms with Crippen LogP contribution in [0.25, 0.3) is 0 Å². The molecule has 1 aromatic rings. The first-order valence-electron chi connectivity index (χ1n) is 6.83. The highest BCUT2D eigenvalue weighted by Gasteiger charge is 2.35. The summed E-state index contributed by atoms with van der Waals surface area (Å²) in [6.07, 6.45) is 1.68. The SMILES string of the molecule is CC1(C(=O)NC(CO)c2ccccc2)CCNCC1. The van der Waals surface area contributed by atoms with Gasteiger partial charge >= 0.3 is 0 Å². The molecule has 0 aromatic heterocycles. The molecular formula is C15H22N2O2. The Morgan fingerprint density at radius 3 is 2.58 bits per heavy atom. The quantitative estimate of drug-likeness (QED) is 0.765. The van der Waals surface area contributed by atoms with E-state index >= 15 is 0 Å². The lowest BCUT2D eigenvalue weighted by atomic mass is 9.80. The highest BCUT2D eigenvalue weighted by atomic mass is 16.3. The van der Waals surface area contributed by atoms with Gasteiger partial charge in [0.1, 0.15) is 0 Å². The Hall–Kier alpha value is -1.39. The zero-order valence-corrected chi connectivity index (χ0v) is 11.4. The molecule has 104 valence electrons. The van der Waals surface area contributed by atoms with Crippen molar-refractivity contribution in [3.8, 4) is 0 Å². The monoisotopic (exact) mass is 262 g/mol. The van der Waals surface area contributed by atoms with Crippen LogP contribution in [-0.2, 0) is 4.79 Å². The number of rotatable bonds is 4. The normalized spacial score (nSPS) is 19.7. The van der Waals surface area contributed by atoms with Gasteiger partial charge in [0.2, 0.25) is 5.91 Å². The van der Waals surface area contributed by atoms with E-state index in [0.29, 0.717) is 0 Å². The van der Waals surface area contributed by atoms with Crippen molar-refractivity contribution < 1.29 is 9.90 Å². The van der Waals surface area contributed by atoms with Gasteiger partial charge in [0.25, 0.3) is 0 Å². The summed E-state index contributed by atoms with van der Waals surface area (Å²) in [6.45, 7) is 3.67. The molecule has 1 saturated heterocycles. The molecule has 19 heavy (non-hydrogen) atoms. The van der Waals surface area contributed by atoms with Crippen molar-refractivity contribution in [2.24, 2.45) is 5.41 Å². The lowest BCUT2D eigenvalue weighted by molar-refractivity contribution is -0.132. The fraction of sp³-hybridized carbons (Fsp3) is 0.533. The molecular weight excluding hydrogens is 240 g/mol. The molecule has 1 aliphatic rings. The van der Waals surface area contributed by atoms with Crippen molar-refractivity contribution in [3.05, 3.63) is 35.9 Å². The van der Waals surface area contributed by atoms with E-state index < -0.39 is 0 Å². The maximum absolute atomic E-state index is 12.4. The summed E-state index contributed by atoms with van der Waals surface area (Å²) >= 11 is 0. The Kier molecular flexibility index (Phi) is 4.56. The van der Waals surface area contributed by atoms with Crippen LogP contribution in [-0.4, -0.2) is 30.7 Å². The average Bonchev–Trinajstić information content (AvgIpc) is 2.46. The van der Waals surface area contributed by atoms with Crippen LogP contribution >= 0.6 is 0 Å². The summed E-state index contributed by atoms with van der Waals surface area (Å²) in [7, 11) is 0. The first kappa shape index (κ1) is 14.0. The van der Waals surface area contributed by atoms with Gasteiger partial charge in [0.05, 0.1) is 12.6 Å². The molecule has 1 aromatic carbocycles. The Balaban J connectivity index is 2.04. The van der Waals surface area contributed by atoms with E-state index in [9.17, 15) is 9.90 Å². The zero-order chi connectivity index (χ0) is 13.7. The minimum absolute atomic E-state index is 0.0388. The fourth-order valence-corrected chi connectivity index (χ4v) is 2.46. The second-order valence-corrected chi connectivity index (χ2v) is 5.43. The molecule has 1 aliphatic heterocycles.